The van der Waals surface area contributed by atoms with E-state index in [0.717, 1.165) is 44.0 Å². The van der Waals surface area contributed by atoms with Crippen LogP contribution >= 0.6 is 0 Å². The average Bonchev–Trinajstić information content (AvgIpc) is 3.40. The van der Waals surface area contributed by atoms with Crippen molar-refractivity contribution in [2.45, 2.75) is 44.1 Å². The van der Waals surface area contributed by atoms with Crippen molar-refractivity contribution in [3.05, 3.63) is 18.1 Å². The summed E-state index contributed by atoms with van der Waals surface area (Å²) < 4.78 is 0. The first kappa shape index (κ1) is 14.9. The van der Waals surface area contributed by atoms with Crippen molar-refractivity contribution >= 4 is 11.8 Å². The Bertz CT molecular complexity index is 618. The molecule has 2 aliphatic heterocycles. The molecule has 0 bridgehead atoms. The maximum atomic E-state index is 12.0. The van der Waals surface area contributed by atoms with Gasteiger partial charge in [0.1, 0.15) is 12.1 Å². The molecule has 1 aliphatic carbocycles. The first-order chi connectivity index (χ1) is 11.1. The van der Waals surface area contributed by atoms with Crippen LogP contribution in [0.3, 0.4) is 0 Å². The number of piperidine rings is 2. The number of rotatable bonds is 3. The molecule has 3 aliphatic rings. The number of aliphatic carboxylic acids is 1. The average molecular weight is 316 g/mol. The summed E-state index contributed by atoms with van der Waals surface area (Å²) in [4.78, 5) is 25.3. The van der Waals surface area contributed by atoms with E-state index in [1.54, 1.807) is 6.33 Å². The van der Waals surface area contributed by atoms with Crippen LogP contribution in [-0.4, -0.2) is 58.7 Å². The summed E-state index contributed by atoms with van der Waals surface area (Å²) >= 11 is 0. The number of aromatic nitrogens is 2. The Morgan fingerprint density at radius 2 is 2.13 bits per heavy atom. The van der Waals surface area contributed by atoms with Gasteiger partial charge in [-0.3, -0.25) is 4.79 Å². The summed E-state index contributed by atoms with van der Waals surface area (Å²) in [5.74, 6) is 0.937. The molecule has 2 atom stereocenters. The second-order valence-corrected chi connectivity index (χ2v) is 7.33. The number of nitrogens with zero attached hydrogens (tertiary/aromatic N) is 4. The third-order valence-electron chi connectivity index (χ3n) is 5.94. The molecule has 6 nitrogen and oxygen atoms in total. The molecule has 1 aromatic rings. The zero-order valence-electron chi connectivity index (χ0n) is 13.6. The number of carboxylic acids is 1. The Hall–Kier alpha value is -1.69. The topological polar surface area (TPSA) is 69.6 Å². The van der Waals surface area contributed by atoms with Crippen molar-refractivity contribution in [3.8, 4) is 0 Å². The second kappa shape index (κ2) is 5.44. The third kappa shape index (κ3) is 2.49. The molecule has 3 fully saturated rings. The van der Waals surface area contributed by atoms with Gasteiger partial charge in [0.15, 0.2) is 0 Å². The fourth-order valence-corrected chi connectivity index (χ4v) is 4.33. The van der Waals surface area contributed by atoms with Crippen LogP contribution in [0, 0.1) is 5.41 Å². The van der Waals surface area contributed by atoms with Gasteiger partial charge in [-0.1, -0.05) is 0 Å². The fourth-order valence-electron chi connectivity index (χ4n) is 4.33. The van der Waals surface area contributed by atoms with E-state index in [1.807, 2.05) is 0 Å². The molecular weight excluding hydrogens is 292 g/mol. The van der Waals surface area contributed by atoms with Gasteiger partial charge in [-0.25, -0.2) is 9.97 Å². The van der Waals surface area contributed by atoms with Gasteiger partial charge in [-0.05, 0) is 45.7 Å². The number of fused-ring (bicyclic) bond motifs is 1. The molecule has 1 N–H and O–H groups in total. The zero-order valence-corrected chi connectivity index (χ0v) is 13.6. The highest BCUT2D eigenvalue weighted by Gasteiger charge is 2.52. The number of likely N-dealkylation sites (N-methyl/N-ethyl adjacent to an activating group) is 1. The molecular formula is C17H24N4O2. The Morgan fingerprint density at radius 3 is 2.87 bits per heavy atom. The normalized spacial score (nSPS) is 31.7. The van der Waals surface area contributed by atoms with Crippen molar-refractivity contribution < 1.29 is 9.90 Å². The SMILES string of the molecule is CN1CCC[C@]2(C(=O)O)CCN(c3cc(C4CC4)ncn3)C[C@@H]12. The van der Waals surface area contributed by atoms with Crippen LogP contribution in [0.25, 0.3) is 0 Å². The highest BCUT2D eigenvalue weighted by Crippen LogP contribution is 2.44. The standard InChI is InChI=1S/C17H24N4O2/c1-20-7-2-5-17(16(22)23)6-8-21(10-14(17)20)15-9-13(12-3-4-12)18-11-19-15/h9,11-12,14H,2-8,10H2,1H3,(H,22,23)/t14-,17+/m1/s1. The van der Waals surface area contributed by atoms with E-state index in [1.165, 1.54) is 12.8 Å². The predicted molar refractivity (Wildman–Crippen MR) is 86.6 cm³/mol. The minimum atomic E-state index is -0.630. The van der Waals surface area contributed by atoms with Gasteiger partial charge in [0.25, 0.3) is 0 Å². The number of carbonyl (C=O) groups is 1. The monoisotopic (exact) mass is 316 g/mol. The lowest BCUT2D eigenvalue weighted by Gasteiger charge is -2.52. The minimum Gasteiger partial charge on any atom is -0.481 e. The molecule has 3 heterocycles. The van der Waals surface area contributed by atoms with E-state index >= 15 is 0 Å². The van der Waals surface area contributed by atoms with E-state index in [-0.39, 0.29) is 6.04 Å². The Kier molecular flexibility index (Phi) is 3.52. The van der Waals surface area contributed by atoms with Crippen LogP contribution in [-0.2, 0) is 4.79 Å². The lowest BCUT2D eigenvalue weighted by Crippen LogP contribution is -2.63. The maximum absolute atomic E-state index is 12.0. The Balaban J connectivity index is 1.59. The smallest absolute Gasteiger partial charge is 0.311 e. The summed E-state index contributed by atoms with van der Waals surface area (Å²) in [5.41, 5.74) is 0.553. The maximum Gasteiger partial charge on any atom is 0.311 e. The van der Waals surface area contributed by atoms with Crippen molar-refractivity contribution in [1.82, 2.24) is 14.9 Å². The molecule has 0 aromatic carbocycles. The zero-order chi connectivity index (χ0) is 16.0. The molecule has 0 radical (unpaired) electrons. The summed E-state index contributed by atoms with van der Waals surface area (Å²) in [6.45, 7) is 2.48. The lowest BCUT2D eigenvalue weighted by molar-refractivity contribution is -0.158. The molecule has 1 saturated carbocycles. The quantitative estimate of drug-likeness (QED) is 0.916. The van der Waals surface area contributed by atoms with Crippen LogP contribution in [0.5, 0.6) is 0 Å². The summed E-state index contributed by atoms with van der Waals surface area (Å²) in [6.07, 6.45) is 6.57. The number of hydrogen-bond acceptors (Lipinski definition) is 5. The van der Waals surface area contributed by atoms with Crippen molar-refractivity contribution in [2.75, 3.05) is 31.6 Å². The molecule has 2 saturated heterocycles. The van der Waals surface area contributed by atoms with Gasteiger partial charge in [0.2, 0.25) is 0 Å². The summed E-state index contributed by atoms with van der Waals surface area (Å²) in [7, 11) is 2.06. The molecule has 23 heavy (non-hydrogen) atoms. The number of anilines is 1. The van der Waals surface area contributed by atoms with Gasteiger partial charge < -0.3 is 14.9 Å². The predicted octanol–water partition coefficient (Wildman–Crippen LogP) is 1.73. The van der Waals surface area contributed by atoms with Crippen LogP contribution in [0.1, 0.15) is 43.7 Å². The number of hydrogen-bond donors (Lipinski definition) is 1. The summed E-state index contributed by atoms with van der Waals surface area (Å²) in [5, 5.41) is 9.85. The Morgan fingerprint density at radius 1 is 1.30 bits per heavy atom. The van der Waals surface area contributed by atoms with Gasteiger partial charge in [-0.15, -0.1) is 0 Å². The van der Waals surface area contributed by atoms with E-state index < -0.39 is 11.4 Å². The number of carboxylic acid groups (broad SMARTS) is 1. The van der Waals surface area contributed by atoms with Gasteiger partial charge in [-0.2, -0.15) is 0 Å². The van der Waals surface area contributed by atoms with Crippen LogP contribution < -0.4 is 4.90 Å². The highest BCUT2D eigenvalue weighted by atomic mass is 16.4. The van der Waals surface area contributed by atoms with Gasteiger partial charge in [0.05, 0.1) is 5.41 Å². The highest BCUT2D eigenvalue weighted by molar-refractivity contribution is 5.76. The molecule has 0 amide bonds. The fraction of sp³-hybridized carbons (Fsp3) is 0.706. The molecule has 0 spiro atoms. The molecule has 1 aromatic heterocycles. The second-order valence-electron chi connectivity index (χ2n) is 7.33. The third-order valence-corrected chi connectivity index (χ3v) is 5.94. The van der Waals surface area contributed by atoms with E-state index in [0.29, 0.717) is 12.3 Å². The largest absolute Gasteiger partial charge is 0.481 e. The van der Waals surface area contributed by atoms with E-state index in [9.17, 15) is 9.90 Å². The molecule has 0 unspecified atom stereocenters. The van der Waals surface area contributed by atoms with Crippen molar-refractivity contribution in [3.63, 3.8) is 0 Å². The van der Waals surface area contributed by atoms with Crippen LogP contribution in [0.4, 0.5) is 5.82 Å². The van der Waals surface area contributed by atoms with Crippen molar-refractivity contribution in [2.24, 2.45) is 5.41 Å². The summed E-state index contributed by atoms with van der Waals surface area (Å²) in [6, 6.07) is 2.16. The Labute approximate surface area is 136 Å². The molecule has 4 rings (SSSR count). The first-order valence-electron chi connectivity index (χ1n) is 8.61. The van der Waals surface area contributed by atoms with E-state index in [4.69, 9.17) is 0 Å². The van der Waals surface area contributed by atoms with Crippen LogP contribution in [0.15, 0.2) is 12.4 Å². The molecule has 6 heteroatoms. The number of likely N-dealkylation sites (tertiary alicyclic amines) is 1. The first-order valence-corrected chi connectivity index (χ1v) is 8.61. The lowest BCUT2D eigenvalue weighted by atomic mass is 9.68. The van der Waals surface area contributed by atoms with Crippen molar-refractivity contribution in [1.29, 1.82) is 0 Å². The molecule has 124 valence electrons. The van der Waals surface area contributed by atoms with E-state index in [2.05, 4.69) is 32.9 Å². The van der Waals surface area contributed by atoms with Gasteiger partial charge >= 0.3 is 5.97 Å². The van der Waals surface area contributed by atoms with Gasteiger partial charge in [0, 0.05) is 36.8 Å². The minimum absolute atomic E-state index is 0.0573. The van der Waals surface area contributed by atoms with Crippen LogP contribution in [0.2, 0.25) is 0 Å².